The summed E-state index contributed by atoms with van der Waals surface area (Å²) in [5, 5.41) is 12.1. The normalized spacial score (nSPS) is 17.1. The lowest BCUT2D eigenvalue weighted by Crippen LogP contribution is -2.31. The van der Waals surface area contributed by atoms with Crippen LogP contribution in [0.1, 0.15) is 52.0 Å². The third kappa shape index (κ3) is 4.66. The van der Waals surface area contributed by atoms with Crippen LogP contribution in [0.3, 0.4) is 0 Å². The van der Waals surface area contributed by atoms with E-state index in [1.807, 2.05) is 11.0 Å². The molecule has 2 amide bonds. The number of hydrogen-bond donors (Lipinski definition) is 2. The van der Waals surface area contributed by atoms with Gasteiger partial charge in [0.1, 0.15) is 0 Å². The van der Waals surface area contributed by atoms with Gasteiger partial charge in [-0.05, 0) is 56.0 Å². The van der Waals surface area contributed by atoms with E-state index in [4.69, 9.17) is 5.11 Å². The first kappa shape index (κ1) is 19.4. The zero-order valence-electron chi connectivity index (χ0n) is 15.7. The largest absolute Gasteiger partial charge is 0.481 e. The average Bonchev–Trinajstić information content (AvgIpc) is 3.00. The van der Waals surface area contributed by atoms with Crippen molar-refractivity contribution in [1.29, 1.82) is 0 Å². The van der Waals surface area contributed by atoms with Gasteiger partial charge in [-0.1, -0.05) is 6.07 Å². The summed E-state index contributed by atoms with van der Waals surface area (Å²) in [6, 6.07) is 5.22. The average molecular weight is 373 g/mol. The zero-order chi connectivity index (χ0) is 19.4. The Bertz CT molecular complexity index is 728. The minimum absolute atomic E-state index is 0.0122. The van der Waals surface area contributed by atoms with Crippen LogP contribution >= 0.6 is 0 Å². The Kier molecular flexibility index (Phi) is 6.11. The molecule has 2 aliphatic heterocycles. The predicted octanol–water partition coefficient (Wildman–Crippen LogP) is 1.58. The number of carbonyl (C=O) groups excluding carboxylic acids is 2. The SMILES string of the molecule is CN(CCC(=O)O)C(=O)c1ccc2c(c1)C(=O)N(CCC1CCNCC1)C2. The van der Waals surface area contributed by atoms with Crippen molar-refractivity contribution in [2.24, 2.45) is 5.92 Å². The molecule has 1 fully saturated rings. The van der Waals surface area contributed by atoms with Crippen molar-refractivity contribution in [2.75, 3.05) is 33.2 Å². The second kappa shape index (κ2) is 8.52. The van der Waals surface area contributed by atoms with Gasteiger partial charge in [0, 0.05) is 37.8 Å². The lowest BCUT2D eigenvalue weighted by Gasteiger charge is -2.25. The van der Waals surface area contributed by atoms with Crippen molar-refractivity contribution in [3.05, 3.63) is 34.9 Å². The fourth-order valence-corrected chi connectivity index (χ4v) is 3.77. The predicted molar refractivity (Wildman–Crippen MR) is 101 cm³/mol. The summed E-state index contributed by atoms with van der Waals surface area (Å²) in [6.45, 7) is 3.60. The van der Waals surface area contributed by atoms with Crippen molar-refractivity contribution in [1.82, 2.24) is 15.1 Å². The standard InChI is InChI=1S/C20H27N3O4/c1-22(10-7-18(24)25)19(26)15-2-3-16-13-23(20(27)17(16)12-15)11-6-14-4-8-21-9-5-14/h2-3,12,14,21H,4-11,13H2,1H3,(H,24,25). The summed E-state index contributed by atoms with van der Waals surface area (Å²) in [5.41, 5.74) is 1.98. The summed E-state index contributed by atoms with van der Waals surface area (Å²) in [5.74, 6) is -0.548. The Labute approximate surface area is 159 Å². The van der Waals surface area contributed by atoms with Crippen molar-refractivity contribution in [3.63, 3.8) is 0 Å². The van der Waals surface area contributed by atoms with Crippen LogP contribution < -0.4 is 5.32 Å². The Morgan fingerprint density at radius 2 is 2.04 bits per heavy atom. The summed E-state index contributed by atoms with van der Waals surface area (Å²) in [4.78, 5) is 39.1. The molecule has 7 nitrogen and oxygen atoms in total. The molecule has 0 bridgehead atoms. The first-order valence-corrected chi connectivity index (χ1v) is 9.56. The molecule has 0 aliphatic carbocycles. The Hall–Kier alpha value is -2.41. The number of carboxylic acid groups (broad SMARTS) is 1. The maximum Gasteiger partial charge on any atom is 0.305 e. The van der Waals surface area contributed by atoms with Crippen LogP contribution in [0, 0.1) is 5.92 Å². The van der Waals surface area contributed by atoms with E-state index in [1.54, 1.807) is 19.2 Å². The number of nitrogens with zero attached hydrogens (tertiary/aromatic N) is 2. The highest BCUT2D eigenvalue weighted by Crippen LogP contribution is 2.26. The monoisotopic (exact) mass is 373 g/mol. The van der Waals surface area contributed by atoms with Crippen LogP contribution in [0.4, 0.5) is 0 Å². The second-order valence-corrected chi connectivity index (χ2v) is 7.45. The number of rotatable bonds is 7. The number of benzene rings is 1. The summed E-state index contributed by atoms with van der Waals surface area (Å²) < 4.78 is 0. The maximum absolute atomic E-state index is 12.7. The fourth-order valence-electron chi connectivity index (χ4n) is 3.77. The first-order chi connectivity index (χ1) is 13.0. The molecule has 1 aromatic carbocycles. The van der Waals surface area contributed by atoms with Gasteiger partial charge in [-0.15, -0.1) is 0 Å². The highest BCUT2D eigenvalue weighted by atomic mass is 16.4. The molecule has 0 atom stereocenters. The van der Waals surface area contributed by atoms with Crippen molar-refractivity contribution in [3.8, 4) is 0 Å². The molecular formula is C20H27N3O4. The highest BCUT2D eigenvalue weighted by molar-refractivity contribution is 6.02. The van der Waals surface area contributed by atoms with E-state index < -0.39 is 5.97 Å². The lowest BCUT2D eigenvalue weighted by molar-refractivity contribution is -0.137. The van der Waals surface area contributed by atoms with Crippen molar-refractivity contribution >= 4 is 17.8 Å². The van der Waals surface area contributed by atoms with Crippen molar-refractivity contribution in [2.45, 2.75) is 32.2 Å². The van der Waals surface area contributed by atoms with E-state index in [-0.39, 0.29) is 24.8 Å². The molecule has 146 valence electrons. The number of piperidine rings is 1. The molecule has 3 rings (SSSR count). The van der Waals surface area contributed by atoms with Gasteiger partial charge < -0.3 is 20.2 Å². The van der Waals surface area contributed by atoms with E-state index >= 15 is 0 Å². The van der Waals surface area contributed by atoms with Gasteiger partial charge in [0.05, 0.1) is 6.42 Å². The molecule has 2 N–H and O–H groups in total. The van der Waals surface area contributed by atoms with E-state index in [1.165, 1.54) is 4.90 Å². The third-order valence-electron chi connectivity index (χ3n) is 5.51. The second-order valence-electron chi connectivity index (χ2n) is 7.45. The minimum Gasteiger partial charge on any atom is -0.481 e. The molecule has 2 aliphatic rings. The van der Waals surface area contributed by atoms with Crippen LogP contribution in [-0.4, -0.2) is 65.9 Å². The molecule has 1 saturated heterocycles. The molecule has 27 heavy (non-hydrogen) atoms. The van der Waals surface area contributed by atoms with E-state index in [9.17, 15) is 14.4 Å². The van der Waals surface area contributed by atoms with E-state index in [0.717, 1.165) is 44.5 Å². The zero-order valence-corrected chi connectivity index (χ0v) is 15.7. The summed E-state index contributed by atoms with van der Waals surface area (Å²) in [7, 11) is 1.58. The Morgan fingerprint density at radius 3 is 2.74 bits per heavy atom. The topological polar surface area (TPSA) is 90.0 Å². The number of carbonyl (C=O) groups is 3. The fraction of sp³-hybridized carbons (Fsp3) is 0.550. The van der Waals surface area contributed by atoms with E-state index in [2.05, 4.69) is 5.32 Å². The number of amides is 2. The molecule has 0 radical (unpaired) electrons. The maximum atomic E-state index is 12.7. The number of carboxylic acids is 1. The molecule has 0 saturated carbocycles. The van der Waals surface area contributed by atoms with Gasteiger partial charge >= 0.3 is 5.97 Å². The van der Waals surface area contributed by atoms with Gasteiger partial charge in [0.2, 0.25) is 0 Å². The number of nitrogens with one attached hydrogen (secondary N) is 1. The molecule has 7 heteroatoms. The van der Waals surface area contributed by atoms with Crippen LogP contribution in [-0.2, 0) is 11.3 Å². The molecule has 0 unspecified atom stereocenters. The third-order valence-corrected chi connectivity index (χ3v) is 5.51. The lowest BCUT2D eigenvalue weighted by atomic mass is 9.94. The number of fused-ring (bicyclic) bond motifs is 1. The Balaban J connectivity index is 1.61. The van der Waals surface area contributed by atoms with Gasteiger partial charge in [-0.2, -0.15) is 0 Å². The van der Waals surface area contributed by atoms with Crippen LogP contribution in [0.15, 0.2) is 18.2 Å². The highest BCUT2D eigenvalue weighted by Gasteiger charge is 2.29. The summed E-state index contributed by atoms with van der Waals surface area (Å²) in [6.07, 6.45) is 3.24. The first-order valence-electron chi connectivity index (χ1n) is 9.56. The molecule has 0 aromatic heterocycles. The smallest absolute Gasteiger partial charge is 0.305 e. The van der Waals surface area contributed by atoms with Gasteiger partial charge in [-0.25, -0.2) is 0 Å². The van der Waals surface area contributed by atoms with E-state index in [0.29, 0.717) is 23.6 Å². The molecular weight excluding hydrogens is 346 g/mol. The van der Waals surface area contributed by atoms with Gasteiger partial charge in [-0.3, -0.25) is 14.4 Å². The van der Waals surface area contributed by atoms with Crippen LogP contribution in [0.2, 0.25) is 0 Å². The number of aliphatic carboxylic acids is 1. The van der Waals surface area contributed by atoms with Crippen molar-refractivity contribution < 1.29 is 19.5 Å². The molecule has 0 spiro atoms. The molecule has 1 aromatic rings. The minimum atomic E-state index is -0.942. The molecule has 2 heterocycles. The Morgan fingerprint density at radius 1 is 1.30 bits per heavy atom. The van der Waals surface area contributed by atoms with Gasteiger partial charge in [0.25, 0.3) is 11.8 Å². The quantitative estimate of drug-likeness (QED) is 0.757. The van der Waals surface area contributed by atoms with Crippen LogP contribution in [0.5, 0.6) is 0 Å². The van der Waals surface area contributed by atoms with Gasteiger partial charge in [0.15, 0.2) is 0 Å². The summed E-state index contributed by atoms with van der Waals surface area (Å²) >= 11 is 0. The number of hydrogen-bond acceptors (Lipinski definition) is 4. The van der Waals surface area contributed by atoms with Crippen LogP contribution in [0.25, 0.3) is 0 Å².